The Morgan fingerprint density at radius 3 is 2.59 bits per heavy atom. The van der Waals surface area contributed by atoms with E-state index in [1.807, 2.05) is 4.98 Å². The molecule has 3 aromatic rings. The molecule has 0 saturated carbocycles. The first-order chi connectivity index (χ1) is 16.3. The Hall–Kier alpha value is -3.65. The van der Waals surface area contributed by atoms with Crippen molar-refractivity contribution in [2.45, 2.75) is 6.42 Å². The van der Waals surface area contributed by atoms with Gasteiger partial charge >= 0.3 is 5.69 Å². The maximum absolute atomic E-state index is 12.7. The molecule has 12 heteroatoms. The predicted molar refractivity (Wildman–Crippen MR) is 123 cm³/mol. The van der Waals surface area contributed by atoms with Crippen LogP contribution in [0.4, 0.5) is 0 Å². The zero-order valence-electron chi connectivity index (χ0n) is 17.8. The number of nitrogens with one attached hydrogen (secondary N) is 1. The molecule has 0 fully saturated rings. The van der Waals surface area contributed by atoms with Crippen molar-refractivity contribution in [2.24, 2.45) is 0 Å². The van der Waals surface area contributed by atoms with Crippen molar-refractivity contribution in [3.63, 3.8) is 0 Å². The van der Waals surface area contributed by atoms with E-state index in [0.29, 0.717) is 37.4 Å². The summed E-state index contributed by atoms with van der Waals surface area (Å²) >= 11 is 12.7. The number of ether oxygens (including phenoxy) is 2. The van der Waals surface area contributed by atoms with Gasteiger partial charge in [-0.05, 0) is 42.3 Å². The van der Waals surface area contributed by atoms with Crippen LogP contribution in [0.2, 0.25) is 10.0 Å². The molecule has 1 aliphatic rings. The molecule has 0 saturated heterocycles. The molecule has 34 heavy (non-hydrogen) atoms. The van der Waals surface area contributed by atoms with E-state index in [1.165, 1.54) is 12.1 Å². The smallest absolute Gasteiger partial charge is 0.349 e. The normalized spacial score (nSPS) is 12.9. The van der Waals surface area contributed by atoms with Crippen LogP contribution >= 0.6 is 23.2 Å². The fourth-order valence-electron chi connectivity index (χ4n) is 3.52. The van der Waals surface area contributed by atoms with Crippen LogP contribution in [0.25, 0.3) is 5.69 Å². The molecule has 0 bridgehead atoms. The Labute approximate surface area is 202 Å². The van der Waals surface area contributed by atoms with Crippen molar-refractivity contribution >= 4 is 29.1 Å². The molecule has 1 N–H and O–H groups in total. The second-order valence-corrected chi connectivity index (χ2v) is 8.14. The molecule has 10 nitrogen and oxygen atoms in total. The number of hydrogen-bond acceptors (Lipinski definition) is 7. The van der Waals surface area contributed by atoms with Crippen LogP contribution in [0.3, 0.4) is 0 Å². The molecule has 174 valence electrons. The van der Waals surface area contributed by atoms with E-state index in [0.717, 1.165) is 10.2 Å². The van der Waals surface area contributed by atoms with Crippen molar-refractivity contribution in [1.82, 2.24) is 19.7 Å². The highest BCUT2D eigenvalue weighted by Gasteiger charge is 2.24. The second kappa shape index (κ2) is 9.69. The second-order valence-electron chi connectivity index (χ2n) is 7.33. The number of nitrogens with zero attached hydrogens (tertiary/aromatic N) is 4. The van der Waals surface area contributed by atoms with Gasteiger partial charge in [-0.1, -0.05) is 23.2 Å². The van der Waals surface area contributed by atoms with Crippen LogP contribution in [-0.4, -0.2) is 52.4 Å². The molecule has 0 radical (unpaired) electrons. The van der Waals surface area contributed by atoms with Gasteiger partial charge in [0.15, 0.2) is 5.75 Å². The maximum Gasteiger partial charge on any atom is 0.349 e. The molecular weight excluding hydrogens is 485 g/mol. The minimum absolute atomic E-state index is 0.0687. The first-order valence-electron chi connectivity index (χ1n) is 10.0. The van der Waals surface area contributed by atoms with Gasteiger partial charge in [-0.15, -0.1) is 5.10 Å². The minimum atomic E-state index is -0.895. The summed E-state index contributed by atoms with van der Waals surface area (Å²) in [5.41, 5.74) is -0.673. The van der Waals surface area contributed by atoms with Crippen LogP contribution in [-0.2, 0) is 11.2 Å². The van der Waals surface area contributed by atoms with Crippen LogP contribution in [0.15, 0.2) is 39.9 Å². The van der Waals surface area contributed by atoms with Gasteiger partial charge in [0.2, 0.25) is 5.69 Å². The quantitative estimate of drug-likeness (QED) is 0.548. The standard InChI is InChI=1S/C22H17Cl2N5O5/c1-33-7-6-28-5-4-12-8-14(2-3-15(12)21(28)31)34-19-16(23)9-13(10-17(19)24)29-22(32)26-20(30)18(11-25)27-29/h2-3,8-10H,4-7H2,1H3,(H,26,30,32). The van der Waals surface area contributed by atoms with Gasteiger partial charge in [0.25, 0.3) is 11.5 Å². The lowest BCUT2D eigenvalue weighted by Crippen LogP contribution is -2.39. The van der Waals surface area contributed by atoms with Gasteiger partial charge in [0.05, 0.1) is 22.3 Å². The Kier molecular flexibility index (Phi) is 6.70. The summed E-state index contributed by atoms with van der Waals surface area (Å²) < 4.78 is 11.8. The molecule has 0 spiro atoms. The number of carbonyl (C=O) groups is 1. The molecule has 0 unspecified atom stereocenters. The van der Waals surface area contributed by atoms with Crippen molar-refractivity contribution in [1.29, 1.82) is 5.26 Å². The Bertz CT molecular complexity index is 1420. The van der Waals surface area contributed by atoms with Gasteiger partial charge < -0.3 is 14.4 Å². The Morgan fingerprint density at radius 2 is 1.91 bits per heavy atom. The number of carbonyl (C=O) groups excluding carboxylic acids is 1. The number of rotatable bonds is 6. The van der Waals surface area contributed by atoms with Gasteiger partial charge in [-0.2, -0.15) is 9.94 Å². The van der Waals surface area contributed by atoms with E-state index < -0.39 is 16.9 Å². The number of H-pyrrole nitrogens is 1. The summed E-state index contributed by atoms with van der Waals surface area (Å²) in [6.45, 7) is 1.56. The fourth-order valence-corrected chi connectivity index (χ4v) is 4.08. The molecule has 0 aliphatic carbocycles. The lowest BCUT2D eigenvalue weighted by molar-refractivity contribution is 0.0679. The number of aromatic nitrogens is 3. The summed E-state index contributed by atoms with van der Waals surface area (Å²) in [4.78, 5) is 40.1. The zero-order chi connectivity index (χ0) is 24.4. The van der Waals surface area contributed by atoms with E-state index >= 15 is 0 Å². The Morgan fingerprint density at radius 1 is 1.18 bits per heavy atom. The number of halogens is 2. The summed E-state index contributed by atoms with van der Waals surface area (Å²) in [6, 6.07) is 9.43. The van der Waals surface area contributed by atoms with Gasteiger partial charge in [-0.3, -0.25) is 14.6 Å². The van der Waals surface area contributed by atoms with E-state index in [1.54, 1.807) is 36.3 Å². The van der Waals surface area contributed by atoms with Crippen LogP contribution in [0.1, 0.15) is 21.6 Å². The van der Waals surface area contributed by atoms with E-state index in [2.05, 4.69) is 5.10 Å². The summed E-state index contributed by atoms with van der Waals surface area (Å²) in [6.07, 6.45) is 0.657. The molecule has 1 amide bonds. The maximum atomic E-state index is 12.7. The first kappa shape index (κ1) is 23.5. The van der Waals surface area contributed by atoms with Gasteiger partial charge in [0.1, 0.15) is 11.8 Å². The number of benzene rings is 2. The molecule has 1 aliphatic heterocycles. The summed E-state index contributed by atoms with van der Waals surface area (Å²) in [7, 11) is 1.59. The number of nitriles is 1. The third kappa shape index (κ3) is 4.54. The molecule has 4 rings (SSSR count). The zero-order valence-corrected chi connectivity index (χ0v) is 19.3. The van der Waals surface area contributed by atoms with Crippen molar-refractivity contribution < 1.29 is 14.3 Å². The van der Waals surface area contributed by atoms with E-state index in [4.69, 9.17) is 37.9 Å². The number of aromatic amines is 1. The number of amides is 1. The highest BCUT2D eigenvalue weighted by Crippen LogP contribution is 2.38. The number of methoxy groups -OCH3 is 1. The third-order valence-corrected chi connectivity index (χ3v) is 5.75. The summed E-state index contributed by atoms with van der Waals surface area (Å²) in [5.74, 6) is 0.495. The lowest BCUT2D eigenvalue weighted by Gasteiger charge is -2.28. The summed E-state index contributed by atoms with van der Waals surface area (Å²) in [5, 5.41) is 12.9. The first-order valence-corrected chi connectivity index (χ1v) is 10.8. The number of hydrogen-bond donors (Lipinski definition) is 1. The van der Waals surface area contributed by atoms with E-state index in [-0.39, 0.29) is 27.4 Å². The monoisotopic (exact) mass is 501 g/mol. The molecule has 0 atom stereocenters. The molecule has 2 aromatic carbocycles. The highest BCUT2D eigenvalue weighted by atomic mass is 35.5. The van der Waals surface area contributed by atoms with Crippen LogP contribution in [0, 0.1) is 11.3 Å². The minimum Gasteiger partial charge on any atom is -0.454 e. The fraction of sp³-hybridized carbons (Fsp3) is 0.227. The van der Waals surface area contributed by atoms with Crippen molar-refractivity contribution in [3.8, 4) is 23.3 Å². The van der Waals surface area contributed by atoms with Crippen LogP contribution < -0.4 is 16.0 Å². The van der Waals surface area contributed by atoms with E-state index in [9.17, 15) is 14.4 Å². The molecule has 2 heterocycles. The topological polar surface area (TPSA) is 130 Å². The predicted octanol–water partition coefficient (Wildman–Crippen LogP) is 2.54. The molecule has 1 aromatic heterocycles. The van der Waals surface area contributed by atoms with Gasteiger partial charge in [0, 0.05) is 25.8 Å². The van der Waals surface area contributed by atoms with Crippen LogP contribution in [0.5, 0.6) is 11.5 Å². The third-order valence-electron chi connectivity index (χ3n) is 5.19. The largest absolute Gasteiger partial charge is 0.454 e. The lowest BCUT2D eigenvalue weighted by atomic mass is 9.98. The van der Waals surface area contributed by atoms with Crippen molar-refractivity contribution in [3.05, 3.63) is 78.0 Å². The average Bonchev–Trinajstić information content (AvgIpc) is 2.81. The SMILES string of the molecule is COCCN1CCc2cc(Oc3c(Cl)cc(-n4nc(C#N)c(=O)[nH]c4=O)cc3Cl)ccc2C1=O. The molecular formula is C22H17Cl2N5O5. The van der Waals surface area contributed by atoms with Crippen molar-refractivity contribution in [2.75, 3.05) is 26.8 Å². The highest BCUT2D eigenvalue weighted by molar-refractivity contribution is 6.37. The average molecular weight is 502 g/mol. The number of fused-ring (bicyclic) bond motifs is 1. The van der Waals surface area contributed by atoms with Gasteiger partial charge in [-0.25, -0.2) is 4.79 Å². The Balaban J connectivity index is 1.62.